The Morgan fingerprint density at radius 2 is 2.29 bits per heavy atom. The lowest BCUT2D eigenvalue weighted by Crippen LogP contribution is -2.40. The number of nitrogens with zero attached hydrogens (tertiary/aromatic N) is 1. The van der Waals surface area contributed by atoms with Crippen LogP contribution >= 0.6 is 27.5 Å². The lowest BCUT2D eigenvalue weighted by atomic mass is 10.1. The van der Waals surface area contributed by atoms with Gasteiger partial charge in [-0.25, -0.2) is 4.39 Å². The second-order valence-electron chi connectivity index (χ2n) is 4.11. The Labute approximate surface area is 113 Å². The van der Waals surface area contributed by atoms with Crippen LogP contribution in [0.3, 0.4) is 0 Å². The number of carbonyl (C=O) groups excluding carboxylic acids is 1. The first-order chi connectivity index (χ1) is 8.08. The first-order valence-electron chi connectivity index (χ1n) is 5.46. The first kappa shape index (κ1) is 12.8. The molecule has 1 saturated heterocycles. The average Bonchev–Trinajstić information content (AvgIpc) is 2.31. The molecule has 0 bridgehead atoms. The van der Waals surface area contributed by atoms with Crippen LogP contribution < -0.4 is 0 Å². The summed E-state index contributed by atoms with van der Waals surface area (Å²) in [5, 5.41) is 0.377. The number of amides is 1. The van der Waals surface area contributed by atoms with Crippen LogP contribution in [0.2, 0.25) is 5.02 Å². The molecule has 17 heavy (non-hydrogen) atoms. The number of likely N-dealkylation sites (tertiary alicyclic amines) is 1. The predicted octanol–water partition coefficient (Wildman–Crippen LogP) is 3.48. The number of piperidine rings is 1. The Morgan fingerprint density at radius 3 is 3.00 bits per heavy atom. The molecule has 0 aromatic heterocycles. The molecule has 0 saturated carbocycles. The molecule has 1 heterocycles. The van der Waals surface area contributed by atoms with Gasteiger partial charge in [0.2, 0.25) is 0 Å². The first-order valence-corrected chi connectivity index (χ1v) is 6.75. The predicted molar refractivity (Wildman–Crippen MR) is 69.3 cm³/mol. The van der Waals surface area contributed by atoms with Crippen LogP contribution in [-0.4, -0.2) is 28.7 Å². The van der Waals surface area contributed by atoms with Gasteiger partial charge in [0, 0.05) is 22.9 Å². The van der Waals surface area contributed by atoms with E-state index in [0.29, 0.717) is 22.9 Å². The smallest absolute Gasteiger partial charge is 0.256 e. The van der Waals surface area contributed by atoms with Crippen molar-refractivity contribution >= 4 is 33.4 Å². The fourth-order valence-electron chi connectivity index (χ4n) is 1.94. The van der Waals surface area contributed by atoms with Gasteiger partial charge >= 0.3 is 0 Å². The molecule has 2 nitrogen and oxygen atoms in total. The number of rotatable bonds is 1. The van der Waals surface area contributed by atoms with Crippen LogP contribution in [0.25, 0.3) is 0 Å². The van der Waals surface area contributed by atoms with Crippen LogP contribution in [-0.2, 0) is 0 Å². The van der Waals surface area contributed by atoms with Gasteiger partial charge in [-0.15, -0.1) is 0 Å². The van der Waals surface area contributed by atoms with Crippen molar-refractivity contribution in [3.63, 3.8) is 0 Å². The Hall–Kier alpha value is -0.610. The highest BCUT2D eigenvalue weighted by Crippen LogP contribution is 2.21. The van der Waals surface area contributed by atoms with Gasteiger partial charge in [0.15, 0.2) is 0 Å². The van der Waals surface area contributed by atoms with Gasteiger partial charge in [-0.1, -0.05) is 27.5 Å². The average molecular weight is 321 g/mol. The fraction of sp³-hybridized carbons (Fsp3) is 0.417. The third-order valence-corrected chi connectivity index (χ3v) is 3.79. The molecule has 0 aliphatic carbocycles. The highest BCUT2D eigenvalue weighted by Gasteiger charge is 2.24. The third kappa shape index (κ3) is 2.99. The number of benzene rings is 1. The summed E-state index contributed by atoms with van der Waals surface area (Å²) in [6, 6.07) is 4.05. The van der Waals surface area contributed by atoms with E-state index in [1.807, 2.05) is 0 Å². The summed E-state index contributed by atoms with van der Waals surface area (Å²) < 4.78 is 13.6. The van der Waals surface area contributed by atoms with Crippen molar-refractivity contribution in [1.29, 1.82) is 0 Å². The van der Waals surface area contributed by atoms with Crippen LogP contribution in [0, 0.1) is 5.82 Å². The molecule has 1 amide bonds. The monoisotopic (exact) mass is 319 g/mol. The number of halogens is 3. The molecule has 0 spiro atoms. The molecule has 1 atom stereocenters. The van der Waals surface area contributed by atoms with E-state index in [-0.39, 0.29) is 11.5 Å². The molecule has 1 aliphatic heterocycles. The molecule has 1 aromatic rings. The SMILES string of the molecule is O=C(c1cc(Cl)ccc1F)N1CCCC(Br)C1. The molecule has 1 aromatic carbocycles. The molecule has 0 radical (unpaired) electrons. The molecule has 92 valence electrons. The van der Waals surface area contributed by atoms with Gasteiger partial charge < -0.3 is 4.90 Å². The van der Waals surface area contributed by atoms with Gasteiger partial charge in [-0.05, 0) is 31.0 Å². The molecule has 1 fully saturated rings. The van der Waals surface area contributed by atoms with Crippen molar-refractivity contribution in [2.24, 2.45) is 0 Å². The van der Waals surface area contributed by atoms with Crippen LogP contribution in [0.5, 0.6) is 0 Å². The van der Waals surface area contributed by atoms with E-state index in [1.54, 1.807) is 4.90 Å². The van der Waals surface area contributed by atoms with E-state index in [2.05, 4.69) is 15.9 Å². The molecule has 1 aliphatic rings. The van der Waals surface area contributed by atoms with E-state index in [9.17, 15) is 9.18 Å². The van der Waals surface area contributed by atoms with Crippen molar-refractivity contribution in [3.05, 3.63) is 34.6 Å². The molecule has 5 heteroatoms. The van der Waals surface area contributed by atoms with Gasteiger partial charge in [0.1, 0.15) is 5.82 Å². The maximum atomic E-state index is 13.6. The van der Waals surface area contributed by atoms with Gasteiger partial charge in [0.25, 0.3) is 5.91 Å². The zero-order chi connectivity index (χ0) is 12.4. The minimum Gasteiger partial charge on any atom is -0.337 e. The summed E-state index contributed by atoms with van der Waals surface area (Å²) >= 11 is 9.27. The second kappa shape index (κ2) is 5.36. The lowest BCUT2D eigenvalue weighted by molar-refractivity contribution is 0.0725. The summed E-state index contributed by atoms with van der Waals surface area (Å²) in [6.45, 7) is 1.29. The van der Waals surface area contributed by atoms with Gasteiger partial charge in [-0.3, -0.25) is 4.79 Å². The molecule has 1 unspecified atom stereocenters. The van der Waals surface area contributed by atoms with Crippen molar-refractivity contribution in [3.8, 4) is 0 Å². The third-order valence-electron chi connectivity index (χ3n) is 2.81. The lowest BCUT2D eigenvalue weighted by Gasteiger charge is -2.30. The van der Waals surface area contributed by atoms with Crippen molar-refractivity contribution in [2.45, 2.75) is 17.7 Å². The number of hydrogen-bond acceptors (Lipinski definition) is 1. The maximum Gasteiger partial charge on any atom is 0.256 e. The highest BCUT2D eigenvalue weighted by atomic mass is 79.9. The highest BCUT2D eigenvalue weighted by molar-refractivity contribution is 9.09. The normalized spacial score (nSPS) is 20.4. The summed E-state index contributed by atoms with van der Waals surface area (Å²) in [5.74, 6) is -0.801. The Kier molecular flexibility index (Phi) is 4.05. The summed E-state index contributed by atoms with van der Waals surface area (Å²) in [4.78, 5) is 14.1. The van der Waals surface area contributed by atoms with Crippen molar-refractivity contribution < 1.29 is 9.18 Å². The summed E-state index contributed by atoms with van der Waals surface area (Å²) in [5.41, 5.74) is 0.0547. The molecule has 2 rings (SSSR count). The van der Waals surface area contributed by atoms with E-state index < -0.39 is 5.82 Å². The minimum atomic E-state index is -0.518. The van der Waals surface area contributed by atoms with Gasteiger partial charge in [-0.2, -0.15) is 0 Å². The summed E-state index contributed by atoms with van der Waals surface area (Å²) in [6.07, 6.45) is 1.98. The van der Waals surface area contributed by atoms with Gasteiger partial charge in [0.05, 0.1) is 5.56 Å². The Morgan fingerprint density at radius 1 is 1.53 bits per heavy atom. The van der Waals surface area contributed by atoms with E-state index in [0.717, 1.165) is 12.8 Å². The van der Waals surface area contributed by atoms with Crippen molar-refractivity contribution in [1.82, 2.24) is 4.90 Å². The maximum absolute atomic E-state index is 13.6. The zero-order valence-electron chi connectivity index (χ0n) is 9.13. The summed E-state index contributed by atoms with van der Waals surface area (Å²) in [7, 11) is 0. The topological polar surface area (TPSA) is 20.3 Å². The largest absolute Gasteiger partial charge is 0.337 e. The second-order valence-corrected chi connectivity index (χ2v) is 5.85. The standard InChI is InChI=1S/C12H12BrClFNO/c13-8-2-1-5-16(7-8)12(17)10-6-9(14)3-4-11(10)15/h3-4,6,8H,1-2,5,7H2. The van der Waals surface area contributed by atoms with Crippen molar-refractivity contribution in [2.75, 3.05) is 13.1 Å². The number of alkyl halides is 1. The Balaban J connectivity index is 2.21. The zero-order valence-corrected chi connectivity index (χ0v) is 11.5. The Bertz CT molecular complexity index is 441. The quantitative estimate of drug-likeness (QED) is 0.726. The minimum absolute atomic E-state index is 0.0547. The molecular formula is C12H12BrClFNO. The van der Waals surface area contributed by atoms with Crippen LogP contribution in [0.1, 0.15) is 23.2 Å². The van der Waals surface area contributed by atoms with E-state index in [1.165, 1.54) is 18.2 Å². The molecule has 0 N–H and O–H groups in total. The number of carbonyl (C=O) groups is 1. The van der Waals surface area contributed by atoms with E-state index >= 15 is 0 Å². The fourth-order valence-corrected chi connectivity index (χ4v) is 2.79. The van der Waals surface area contributed by atoms with E-state index in [4.69, 9.17) is 11.6 Å². The molecular weight excluding hydrogens is 308 g/mol. The van der Waals surface area contributed by atoms with Crippen LogP contribution in [0.4, 0.5) is 4.39 Å². The number of hydrogen-bond donors (Lipinski definition) is 0. The van der Waals surface area contributed by atoms with Crippen LogP contribution in [0.15, 0.2) is 18.2 Å².